The van der Waals surface area contributed by atoms with Crippen LogP contribution in [0.5, 0.6) is 0 Å². The number of thiazole rings is 1. The van der Waals surface area contributed by atoms with Crippen LogP contribution in [-0.4, -0.2) is 52.4 Å². The Balaban J connectivity index is 1.58. The minimum Gasteiger partial charge on any atom is -0.363 e. The van der Waals surface area contributed by atoms with Crippen LogP contribution in [0.15, 0.2) is 47.3 Å². The lowest BCUT2D eigenvalue weighted by atomic mass is 10.1. The van der Waals surface area contributed by atoms with Crippen LogP contribution >= 0.6 is 11.3 Å². The van der Waals surface area contributed by atoms with E-state index < -0.39 is 0 Å². The first kappa shape index (κ1) is 18.7. The lowest BCUT2D eigenvalue weighted by molar-refractivity contribution is -0.384. The SMILES string of the molecule is CN1CCN(c2ccc(/C=c3\sc4nc5ccccc5n4c3=O)cc2[N+](=O)[O-])CC1. The Kier molecular flexibility index (Phi) is 4.48. The molecule has 152 valence electrons. The summed E-state index contributed by atoms with van der Waals surface area (Å²) in [4.78, 5) is 33.7. The second kappa shape index (κ2) is 7.19. The van der Waals surface area contributed by atoms with Gasteiger partial charge in [0, 0.05) is 32.2 Å². The van der Waals surface area contributed by atoms with E-state index in [0.717, 1.165) is 37.2 Å². The molecule has 0 amide bonds. The molecule has 1 fully saturated rings. The van der Waals surface area contributed by atoms with Gasteiger partial charge in [0.15, 0.2) is 4.96 Å². The van der Waals surface area contributed by atoms with Crippen molar-refractivity contribution in [2.24, 2.45) is 0 Å². The molecule has 9 heteroatoms. The molecule has 2 aromatic heterocycles. The van der Waals surface area contributed by atoms with Gasteiger partial charge in [0.2, 0.25) is 0 Å². The molecule has 0 radical (unpaired) electrons. The molecule has 3 heterocycles. The molecular weight excluding hydrogens is 402 g/mol. The van der Waals surface area contributed by atoms with Crippen molar-refractivity contribution in [3.63, 3.8) is 0 Å². The van der Waals surface area contributed by atoms with Crippen molar-refractivity contribution in [1.29, 1.82) is 0 Å². The molecule has 0 N–H and O–H groups in total. The minimum absolute atomic E-state index is 0.0625. The molecule has 0 atom stereocenters. The maximum Gasteiger partial charge on any atom is 0.293 e. The molecule has 8 nitrogen and oxygen atoms in total. The Labute approximate surface area is 175 Å². The molecule has 1 saturated heterocycles. The van der Waals surface area contributed by atoms with Crippen molar-refractivity contribution in [2.45, 2.75) is 0 Å². The third-order valence-electron chi connectivity index (χ3n) is 5.48. The van der Waals surface area contributed by atoms with E-state index in [1.807, 2.05) is 42.3 Å². The standard InChI is InChI=1S/C21H19N5O3S/c1-23-8-10-24(11-9-23)17-7-6-14(12-18(17)26(28)29)13-19-20(27)25-16-5-3-2-4-15(16)22-21(25)30-19/h2-7,12-13H,8-11H2,1H3/b19-13-. The maximum absolute atomic E-state index is 12.9. The van der Waals surface area contributed by atoms with Crippen LogP contribution in [0.3, 0.4) is 0 Å². The Morgan fingerprint density at radius 3 is 2.67 bits per heavy atom. The van der Waals surface area contributed by atoms with Gasteiger partial charge in [-0.2, -0.15) is 0 Å². The summed E-state index contributed by atoms with van der Waals surface area (Å²) in [6, 6.07) is 12.7. The van der Waals surface area contributed by atoms with E-state index in [1.54, 1.807) is 22.6 Å². The van der Waals surface area contributed by atoms with Crippen molar-refractivity contribution < 1.29 is 4.92 Å². The molecule has 5 rings (SSSR count). The second-order valence-corrected chi connectivity index (χ2v) is 8.44. The largest absolute Gasteiger partial charge is 0.363 e. The molecular formula is C21H19N5O3S. The number of para-hydroxylation sites is 2. The first-order valence-corrected chi connectivity index (χ1v) is 10.5. The van der Waals surface area contributed by atoms with Crippen LogP contribution in [0.1, 0.15) is 5.56 Å². The number of nitro groups is 1. The number of hydrogen-bond donors (Lipinski definition) is 0. The lowest BCUT2D eigenvalue weighted by Gasteiger charge is -2.33. The van der Waals surface area contributed by atoms with E-state index in [0.29, 0.717) is 20.7 Å². The quantitative estimate of drug-likeness (QED) is 0.372. The van der Waals surface area contributed by atoms with E-state index in [-0.39, 0.29) is 16.2 Å². The van der Waals surface area contributed by atoms with E-state index in [4.69, 9.17) is 0 Å². The van der Waals surface area contributed by atoms with E-state index in [1.165, 1.54) is 11.3 Å². The number of aromatic nitrogens is 2. The summed E-state index contributed by atoms with van der Waals surface area (Å²) < 4.78 is 2.10. The van der Waals surface area contributed by atoms with Crippen molar-refractivity contribution in [2.75, 3.05) is 38.1 Å². The molecule has 0 spiro atoms. The topological polar surface area (TPSA) is 84.0 Å². The highest BCUT2D eigenvalue weighted by molar-refractivity contribution is 7.15. The number of hydrogen-bond acceptors (Lipinski definition) is 7. The highest BCUT2D eigenvalue weighted by Gasteiger charge is 2.23. The number of imidazole rings is 1. The number of benzene rings is 2. The smallest absolute Gasteiger partial charge is 0.293 e. The molecule has 1 aliphatic rings. The number of piperazine rings is 1. The van der Waals surface area contributed by atoms with Crippen LogP contribution in [0, 0.1) is 10.1 Å². The maximum atomic E-state index is 12.9. The van der Waals surface area contributed by atoms with Gasteiger partial charge in [0.05, 0.1) is 20.5 Å². The van der Waals surface area contributed by atoms with Gasteiger partial charge in [0.25, 0.3) is 11.2 Å². The van der Waals surface area contributed by atoms with Crippen LogP contribution in [0.2, 0.25) is 0 Å². The van der Waals surface area contributed by atoms with Gasteiger partial charge in [-0.1, -0.05) is 29.5 Å². The number of nitro benzene ring substituents is 1. The third kappa shape index (κ3) is 3.12. The molecule has 0 saturated carbocycles. The number of rotatable bonds is 3. The summed E-state index contributed by atoms with van der Waals surface area (Å²) in [5, 5.41) is 11.7. The van der Waals surface area contributed by atoms with Crippen LogP contribution < -0.4 is 15.0 Å². The zero-order valence-corrected chi connectivity index (χ0v) is 17.1. The summed E-state index contributed by atoms with van der Waals surface area (Å²) in [5.74, 6) is 0. The van der Waals surface area contributed by atoms with Gasteiger partial charge >= 0.3 is 0 Å². The van der Waals surface area contributed by atoms with E-state index >= 15 is 0 Å². The molecule has 1 aliphatic heterocycles. The van der Waals surface area contributed by atoms with Crippen LogP contribution in [0.4, 0.5) is 11.4 Å². The number of anilines is 1. The summed E-state index contributed by atoms with van der Waals surface area (Å²) in [6.07, 6.45) is 1.71. The predicted octanol–water partition coefficient (Wildman–Crippen LogP) is 2.12. The number of likely N-dealkylation sites (N-methyl/N-ethyl adjacent to an activating group) is 1. The van der Waals surface area contributed by atoms with Gasteiger partial charge in [-0.25, -0.2) is 9.38 Å². The highest BCUT2D eigenvalue weighted by atomic mass is 32.1. The molecule has 30 heavy (non-hydrogen) atoms. The van der Waals surface area contributed by atoms with Crippen molar-refractivity contribution in [3.8, 4) is 0 Å². The van der Waals surface area contributed by atoms with Crippen molar-refractivity contribution in [3.05, 3.63) is 73.0 Å². The first-order valence-electron chi connectivity index (χ1n) is 9.65. The summed E-state index contributed by atoms with van der Waals surface area (Å²) >= 11 is 1.29. The zero-order chi connectivity index (χ0) is 20.8. The Bertz CT molecular complexity index is 1390. The molecule has 2 aromatic carbocycles. The fourth-order valence-electron chi connectivity index (χ4n) is 3.85. The third-order valence-corrected chi connectivity index (χ3v) is 6.45. The minimum atomic E-state index is -0.349. The predicted molar refractivity (Wildman–Crippen MR) is 118 cm³/mol. The first-order chi connectivity index (χ1) is 14.5. The van der Waals surface area contributed by atoms with Gasteiger partial charge in [-0.3, -0.25) is 14.9 Å². The molecule has 0 bridgehead atoms. The average molecular weight is 421 g/mol. The lowest BCUT2D eigenvalue weighted by Crippen LogP contribution is -2.44. The van der Waals surface area contributed by atoms with Crippen LogP contribution in [-0.2, 0) is 0 Å². The fourth-order valence-corrected chi connectivity index (χ4v) is 4.84. The Morgan fingerprint density at radius 1 is 1.13 bits per heavy atom. The number of fused-ring (bicyclic) bond motifs is 3. The van der Waals surface area contributed by atoms with E-state index in [9.17, 15) is 14.9 Å². The Morgan fingerprint density at radius 2 is 1.90 bits per heavy atom. The summed E-state index contributed by atoms with van der Waals surface area (Å²) in [7, 11) is 2.05. The fraction of sp³-hybridized carbons (Fsp3) is 0.238. The monoisotopic (exact) mass is 421 g/mol. The van der Waals surface area contributed by atoms with Gasteiger partial charge in [-0.05, 0) is 36.9 Å². The van der Waals surface area contributed by atoms with Gasteiger partial charge in [0.1, 0.15) is 5.69 Å². The van der Waals surface area contributed by atoms with Crippen molar-refractivity contribution in [1.82, 2.24) is 14.3 Å². The van der Waals surface area contributed by atoms with E-state index in [2.05, 4.69) is 9.88 Å². The molecule has 0 unspecified atom stereocenters. The van der Waals surface area contributed by atoms with Crippen LogP contribution in [0.25, 0.3) is 22.1 Å². The average Bonchev–Trinajstić information content (AvgIpc) is 3.25. The summed E-state index contributed by atoms with van der Waals surface area (Å²) in [5.41, 5.74) is 2.71. The zero-order valence-electron chi connectivity index (χ0n) is 16.3. The molecule has 4 aromatic rings. The summed E-state index contributed by atoms with van der Waals surface area (Å²) in [6.45, 7) is 3.24. The highest BCUT2D eigenvalue weighted by Crippen LogP contribution is 2.30. The molecule has 0 aliphatic carbocycles. The van der Waals surface area contributed by atoms with Gasteiger partial charge < -0.3 is 9.80 Å². The Hall–Kier alpha value is -3.30. The second-order valence-electron chi connectivity index (χ2n) is 7.43. The van der Waals surface area contributed by atoms with Crippen molar-refractivity contribution >= 4 is 44.8 Å². The number of nitrogens with zero attached hydrogens (tertiary/aromatic N) is 5. The van der Waals surface area contributed by atoms with Gasteiger partial charge in [-0.15, -0.1) is 0 Å². The normalized spacial score (nSPS) is 16.0.